The van der Waals surface area contributed by atoms with E-state index in [2.05, 4.69) is 11.8 Å². The number of anilines is 1. The number of rotatable bonds is 5. The summed E-state index contributed by atoms with van der Waals surface area (Å²) in [6.45, 7) is 5.57. The Morgan fingerprint density at radius 3 is 2.45 bits per heavy atom. The first-order valence-electron chi connectivity index (χ1n) is 7.71. The van der Waals surface area contributed by atoms with Crippen LogP contribution in [0.25, 0.3) is 0 Å². The smallest absolute Gasteiger partial charge is 0.311 e. The van der Waals surface area contributed by atoms with Crippen molar-refractivity contribution in [3.05, 3.63) is 29.8 Å². The largest absolute Gasteiger partial charge is 0.481 e. The Morgan fingerprint density at radius 2 is 1.95 bits per heavy atom. The molecule has 5 heteroatoms. The van der Waals surface area contributed by atoms with Crippen molar-refractivity contribution in [1.29, 1.82) is 0 Å². The average molecular weight is 304 g/mol. The minimum Gasteiger partial charge on any atom is -0.481 e. The summed E-state index contributed by atoms with van der Waals surface area (Å²) in [7, 11) is 2.03. The molecule has 1 saturated heterocycles. The SMILES string of the molecule is CCCN(C)c1ccc(C(=O)N2CCC(C)(C(=O)O)C2)cc1. The van der Waals surface area contributed by atoms with E-state index in [1.807, 2.05) is 31.3 Å². The summed E-state index contributed by atoms with van der Waals surface area (Å²) in [5, 5.41) is 9.25. The maximum absolute atomic E-state index is 12.5. The molecule has 1 amide bonds. The van der Waals surface area contributed by atoms with Gasteiger partial charge in [0.15, 0.2) is 0 Å². The van der Waals surface area contributed by atoms with Gasteiger partial charge in [0.25, 0.3) is 5.91 Å². The van der Waals surface area contributed by atoms with Gasteiger partial charge in [-0.15, -0.1) is 0 Å². The van der Waals surface area contributed by atoms with Crippen LogP contribution in [0.5, 0.6) is 0 Å². The van der Waals surface area contributed by atoms with Gasteiger partial charge in [0, 0.05) is 37.9 Å². The molecule has 0 spiro atoms. The van der Waals surface area contributed by atoms with Gasteiger partial charge < -0.3 is 14.9 Å². The number of carbonyl (C=O) groups is 2. The minimum absolute atomic E-state index is 0.0883. The van der Waals surface area contributed by atoms with E-state index in [1.54, 1.807) is 11.8 Å². The van der Waals surface area contributed by atoms with Gasteiger partial charge in [0.1, 0.15) is 0 Å². The van der Waals surface area contributed by atoms with Crippen LogP contribution >= 0.6 is 0 Å². The second-order valence-electron chi connectivity index (χ2n) is 6.31. The first-order chi connectivity index (χ1) is 10.4. The van der Waals surface area contributed by atoms with Gasteiger partial charge in [-0.25, -0.2) is 0 Å². The molecule has 2 rings (SSSR count). The molecule has 1 aromatic carbocycles. The zero-order valence-electron chi connectivity index (χ0n) is 13.5. The number of carboxylic acids is 1. The van der Waals surface area contributed by atoms with Gasteiger partial charge in [-0.05, 0) is 44.0 Å². The molecular formula is C17H24N2O3. The quantitative estimate of drug-likeness (QED) is 0.908. The molecule has 1 fully saturated rings. The summed E-state index contributed by atoms with van der Waals surface area (Å²) in [5.74, 6) is -0.922. The van der Waals surface area contributed by atoms with Crippen molar-refractivity contribution < 1.29 is 14.7 Å². The first kappa shape index (κ1) is 16.3. The predicted octanol–water partition coefficient (Wildman–Crippen LogP) is 2.47. The molecule has 0 radical (unpaired) electrons. The third-order valence-corrected chi connectivity index (χ3v) is 4.39. The number of carbonyl (C=O) groups excluding carboxylic acids is 1. The highest BCUT2D eigenvalue weighted by Crippen LogP contribution is 2.31. The molecule has 1 heterocycles. The van der Waals surface area contributed by atoms with Crippen molar-refractivity contribution >= 4 is 17.6 Å². The molecule has 1 aliphatic heterocycles. The molecular weight excluding hydrogens is 280 g/mol. The van der Waals surface area contributed by atoms with Gasteiger partial charge in [0.05, 0.1) is 5.41 Å². The highest BCUT2D eigenvalue weighted by molar-refractivity contribution is 5.95. The van der Waals surface area contributed by atoms with Crippen molar-refractivity contribution in [2.75, 3.05) is 31.6 Å². The van der Waals surface area contributed by atoms with E-state index < -0.39 is 11.4 Å². The predicted molar refractivity (Wildman–Crippen MR) is 86.3 cm³/mol. The van der Waals surface area contributed by atoms with Crippen LogP contribution in [0, 0.1) is 5.41 Å². The van der Waals surface area contributed by atoms with Gasteiger partial charge in [0.2, 0.25) is 0 Å². The van der Waals surface area contributed by atoms with E-state index >= 15 is 0 Å². The van der Waals surface area contributed by atoms with Crippen molar-refractivity contribution in [3.63, 3.8) is 0 Å². The van der Waals surface area contributed by atoms with E-state index in [9.17, 15) is 14.7 Å². The summed E-state index contributed by atoms with van der Waals surface area (Å²) in [6, 6.07) is 7.52. The van der Waals surface area contributed by atoms with Crippen LogP contribution in [0.3, 0.4) is 0 Å². The van der Waals surface area contributed by atoms with E-state index in [1.165, 1.54) is 0 Å². The van der Waals surface area contributed by atoms with Crippen LogP contribution in [0.15, 0.2) is 24.3 Å². The highest BCUT2D eigenvalue weighted by Gasteiger charge is 2.42. The molecule has 1 unspecified atom stereocenters. The van der Waals surface area contributed by atoms with E-state index in [-0.39, 0.29) is 12.5 Å². The summed E-state index contributed by atoms with van der Waals surface area (Å²) in [4.78, 5) is 27.5. The monoisotopic (exact) mass is 304 g/mol. The fraction of sp³-hybridized carbons (Fsp3) is 0.529. The van der Waals surface area contributed by atoms with Crippen molar-refractivity contribution in [2.45, 2.75) is 26.7 Å². The van der Waals surface area contributed by atoms with Crippen molar-refractivity contribution in [1.82, 2.24) is 4.90 Å². The molecule has 0 bridgehead atoms. The molecule has 0 aliphatic carbocycles. The first-order valence-corrected chi connectivity index (χ1v) is 7.71. The molecule has 5 nitrogen and oxygen atoms in total. The lowest BCUT2D eigenvalue weighted by Gasteiger charge is -2.21. The molecule has 0 aromatic heterocycles. The van der Waals surface area contributed by atoms with Crippen LogP contribution in [-0.4, -0.2) is 48.6 Å². The Bertz CT molecular complexity index is 556. The second kappa shape index (κ2) is 6.38. The fourth-order valence-corrected chi connectivity index (χ4v) is 2.81. The molecule has 1 N–H and O–H groups in total. The number of amides is 1. The number of benzene rings is 1. The van der Waals surface area contributed by atoms with Crippen LogP contribution in [0.2, 0.25) is 0 Å². The topological polar surface area (TPSA) is 60.9 Å². The van der Waals surface area contributed by atoms with E-state index in [0.717, 1.165) is 18.7 Å². The molecule has 1 aliphatic rings. The Balaban J connectivity index is 2.06. The normalized spacial score (nSPS) is 21.0. The van der Waals surface area contributed by atoms with Crippen LogP contribution in [0.1, 0.15) is 37.0 Å². The zero-order valence-corrected chi connectivity index (χ0v) is 13.5. The number of hydrogen-bond donors (Lipinski definition) is 1. The van der Waals surface area contributed by atoms with Crippen molar-refractivity contribution in [2.24, 2.45) is 5.41 Å². The Hall–Kier alpha value is -2.04. The third kappa shape index (κ3) is 3.24. The van der Waals surface area contributed by atoms with Crippen LogP contribution in [-0.2, 0) is 4.79 Å². The van der Waals surface area contributed by atoms with Gasteiger partial charge in [-0.3, -0.25) is 9.59 Å². The fourth-order valence-electron chi connectivity index (χ4n) is 2.81. The van der Waals surface area contributed by atoms with Crippen LogP contribution in [0.4, 0.5) is 5.69 Å². The number of aliphatic carboxylic acids is 1. The van der Waals surface area contributed by atoms with Gasteiger partial charge >= 0.3 is 5.97 Å². The van der Waals surface area contributed by atoms with Crippen LogP contribution < -0.4 is 4.90 Å². The van der Waals surface area contributed by atoms with Crippen molar-refractivity contribution in [3.8, 4) is 0 Å². The number of nitrogens with zero attached hydrogens (tertiary/aromatic N) is 2. The zero-order chi connectivity index (χ0) is 16.3. The van der Waals surface area contributed by atoms with E-state index in [4.69, 9.17) is 0 Å². The highest BCUT2D eigenvalue weighted by atomic mass is 16.4. The molecule has 22 heavy (non-hydrogen) atoms. The standard InChI is InChI=1S/C17H24N2O3/c1-4-10-18(3)14-7-5-13(6-8-14)15(20)19-11-9-17(2,12-19)16(21)22/h5-8H,4,9-12H2,1-3H3,(H,21,22). The second-order valence-corrected chi connectivity index (χ2v) is 6.31. The Kier molecular flexibility index (Phi) is 4.74. The average Bonchev–Trinajstić information content (AvgIpc) is 2.91. The number of hydrogen-bond acceptors (Lipinski definition) is 3. The summed E-state index contributed by atoms with van der Waals surface area (Å²) in [6.07, 6.45) is 1.57. The Morgan fingerprint density at radius 1 is 1.32 bits per heavy atom. The Labute approximate surface area is 131 Å². The number of likely N-dealkylation sites (tertiary alicyclic amines) is 1. The lowest BCUT2D eigenvalue weighted by Crippen LogP contribution is -2.34. The van der Waals surface area contributed by atoms with E-state index in [0.29, 0.717) is 18.5 Å². The molecule has 1 aromatic rings. The summed E-state index contributed by atoms with van der Waals surface area (Å²) < 4.78 is 0. The maximum atomic E-state index is 12.5. The van der Waals surface area contributed by atoms with Gasteiger partial charge in [-0.2, -0.15) is 0 Å². The lowest BCUT2D eigenvalue weighted by molar-refractivity contribution is -0.147. The number of carboxylic acid groups (broad SMARTS) is 1. The molecule has 0 saturated carbocycles. The van der Waals surface area contributed by atoms with Gasteiger partial charge in [-0.1, -0.05) is 6.92 Å². The third-order valence-electron chi connectivity index (χ3n) is 4.39. The minimum atomic E-state index is -0.834. The summed E-state index contributed by atoms with van der Waals surface area (Å²) >= 11 is 0. The molecule has 120 valence electrons. The maximum Gasteiger partial charge on any atom is 0.311 e. The summed E-state index contributed by atoms with van der Waals surface area (Å²) in [5.41, 5.74) is 0.871. The molecule has 1 atom stereocenters. The lowest BCUT2D eigenvalue weighted by atomic mass is 9.90.